The molecule has 0 bridgehead atoms. The number of nitro groups is 1. The Bertz CT molecular complexity index is 928. The number of hydrogen-bond acceptors (Lipinski definition) is 6. The van der Waals surface area contributed by atoms with E-state index in [1.807, 2.05) is 24.3 Å². The summed E-state index contributed by atoms with van der Waals surface area (Å²) in [7, 11) is 0. The van der Waals surface area contributed by atoms with Crippen LogP contribution in [0.2, 0.25) is 0 Å². The highest BCUT2D eigenvalue weighted by molar-refractivity contribution is 5.72. The zero-order chi connectivity index (χ0) is 18.3. The number of rotatable bonds is 4. The summed E-state index contributed by atoms with van der Waals surface area (Å²) in [6.45, 7) is 5.71. The quantitative estimate of drug-likeness (QED) is 0.526. The van der Waals surface area contributed by atoms with Gasteiger partial charge in [0.1, 0.15) is 16.9 Å². The molecule has 0 spiro atoms. The Kier molecular flexibility index (Phi) is 4.20. The molecule has 3 aromatic rings. The Labute approximate surface area is 150 Å². The van der Waals surface area contributed by atoms with E-state index in [1.165, 1.54) is 0 Å². The molecule has 1 fully saturated rings. The molecule has 1 aliphatic heterocycles. The summed E-state index contributed by atoms with van der Waals surface area (Å²) < 4.78 is 7.66. The molecule has 3 heterocycles. The van der Waals surface area contributed by atoms with Gasteiger partial charge in [0.25, 0.3) is 0 Å². The second-order valence-electron chi connectivity index (χ2n) is 6.85. The summed E-state index contributed by atoms with van der Waals surface area (Å²) in [5.74, 6) is 0.998. The molecule has 1 aliphatic rings. The highest BCUT2D eigenvalue weighted by atomic mass is 16.6. The van der Waals surface area contributed by atoms with Crippen molar-refractivity contribution in [3.8, 4) is 0 Å². The van der Waals surface area contributed by atoms with E-state index in [0.717, 1.165) is 42.9 Å². The Morgan fingerprint density at radius 2 is 2.15 bits per heavy atom. The molecule has 4 rings (SSSR count). The molecular formula is C18H21N5O3. The van der Waals surface area contributed by atoms with E-state index in [-0.39, 0.29) is 16.5 Å². The van der Waals surface area contributed by atoms with E-state index in [2.05, 4.69) is 15.0 Å². The van der Waals surface area contributed by atoms with Gasteiger partial charge in [-0.3, -0.25) is 15.0 Å². The van der Waals surface area contributed by atoms with Crippen LogP contribution in [0.4, 0.5) is 5.69 Å². The molecular weight excluding hydrogens is 334 g/mol. The van der Waals surface area contributed by atoms with Crippen LogP contribution in [-0.2, 0) is 6.67 Å². The monoisotopic (exact) mass is 355 g/mol. The van der Waals surface area contributed by atoms with Gasteiger partial charge in [-0.2, -0.15) is 5.10 Å². The Morgan fingerprint density at radius 3 is 2.88 bits per heavy atom. The molecule has 0 N–H and O–H groups in total. The zero-order valence-electron chi connectivity index (χ0n) is 14.9. The highest BCUT2D eigenvalue weighted by Gasteiger charge is 2.28. The predicted molar refractivity (Wildman–Crippen MR) is 95.9 cm³/mol. The summed E-state index contributed by atoms with van der Waals surface area (Å²) in [5, 5.41) is 15.5. The predicted octanol–water partition coefficient (Wildman–Crippen LogP) is 3.39. The number of piperidine rings is 1. The van der Waals surface area contributed by atoms with Crippen molar-refractivity contribution in [2.75, 3.05) is 13.1 Å². The van der Waals surface area contributed by atoms with Crippen LogP contribution >= 0.6 is 0 Å². The van der Waals surface area contributed by atoms with Gasteiger partial charge in [-0.15, -0.1) is 0 Å². The van der Waals surface area contributed by atoms with Gasteiger partial charge in [-0.05, 0) is 45.4 Å². The molecule has 0 aliphatic carbocycles. The van der Waals surface area contributed by atoms with Crippen LogP contribution in [0.25, 0.3) is 11.1 Å². The van der Waals surface area contributed by atoms with Crippen LogP contribution in [-0.4, -0.2) is 37.7 Å². The van der Waals surface area contributed by atoms with Gasteiger partial charge in [0, 0.05) is 12.5 Å². The molecule has 8 heteroatoms. The molecule has 0 radical (unpaired) electrons. The number of fused-ring (bicyclic) bond motifs is 1. The van der Waals surface area contributed by atoms with Gasteiger partial charge in [-0.1, -0.05) is 12.1 Å². The molecule has 0 unspecified atom stereocenters. The van der Waals surface area contributed by atoms with Gasteiger partial charge in [0.05, 0.1) is 11.6 Å². The third kappa shape index (κ3) is 2.96. The Balaban J connectivity index is 1.52. The maximum Gasteiger partial charge on any atom is 0.312 e. The normalized spacial score (nSPS) is 18.5. The Hall–Kier alpha value is -2.74. The molecule has 26 heavy (non-hydrogen) atoms. The van der Waals surface area contributed by atoms with Gasteiger partial charge < -0.3 is 4.42 Å². The third-order valence-electron chi connectivity index (χ3n) is 5.03. The maximum absolute atomic E-state index is 11.2. The summed E-state index contributed by atoms with van der Waals surface area (Å²) in [6.07, 6.45) is 2.06. The average Bonchev–Trinajstić information content (AvgIpc) is 3.16. The third-order valence-corrected chi connectivity index (χ3v) is 5.03. The van der Waals surface area contributed by atoms with Gasteiger partial charge in [0.15, 0.2) is 11.5 Å². The number of nitrogens with zero attached hydrogens (tertiary/aromatic N) is 5. The minimum Gasteiger partial charge on any atom is -0.440 e. The second kappa shape index (κ2) is 6.53. The van der Waals surface area contributed by atoms with Gasteiger partial charge in [0.2, 0.25) is 0 Å². The minimum absolute atomic E-state index is 0.109. The van der Waals surface area contributed by atoms with Crippen molar-refractivity contribution in [1.82, 2.24) is 19.7 Å². The Morgan fingerprint density at radius 1 is 1.35 bits per heavy atom. The summed E-state index contributed by atoms with van der Waals surface area (Å²) in [5.41, 5.74) is 2.86. The van der Waals surface area contributed by atoms with Crippen LogP contribution in [0.15, 0.2) is 28.7 Å². The van der Waals surface area contributed by atoms with Crippen LogP contribution in [0.1, 0.15) is 36.0 Å². The van der Waals surface area contributed by atoms with E-state index < -0.39 is 0 Å². The van der Waals surface area contributed by atoms with Gasteiger partial charge >= 0.3 is 5.69 Å². The first-order valence-corrected chi connectivity index (χ1v) is 8.79. The first kappa shape index (κ1) is 16.7. The lowest BCUT2D eigenvalue weighted by atomic mass is 9.98. The fourth-order valence-corrected chi connectivity index (χ4v) is 3.73. The fraction of sp³-hybridized carbons (Fsp3) is 0.444. The lowest BCUT2D eigenvalue weighted by molar-refractivity contribution is -0.386. The summed E-state index contributed by atoms with van der Waals surface area (Å²) in [4.78, 5) is 17.7. The number of benzene rings is 1. The van der Waals surface area contributed by atoms with Crippen LogP contribution in [0.3, 0.4) is 0 Å². The molecule has 0 saturated carbocycles. The van der Waals surface area contributed by atoms with Crippen LogP contribution in [0.5, 0.6) is 0 Å². The van der Waals surface area contributed by atoms with Crippen LogP contribution in [0, 0.1) is 24.0 Å². The lowest BCUT2D eigenvalue weighted by Crippen LogP contribution is -2.36. The fourth-order valence-electron chi connectivity index (χ4n) is 3.73. The van der Waals surface area contributed by atoms with Crippen molar-refractivity contribution < 1.29 is 9.34 Å². The lowest BCUT2D eigenvalue weighted by Gasteiger charge is -2.31. The first-order valence-electron chi connectivity index (χ1n) is 8.79. The van der Waals surface area contributed by atoms with Crippen molar-refractivity contribution in [2.24, 2.45) is 0 Å². The maximum atomic E-state index is 11.2. The molecule has 1 aromatic carbocycles. The molecule has 8 nitrogen and oxygen atoms in total. The molecule has 136 valence electrons. The standard InChI is InChI=1S/C18H21N5O3/c1-12-17(23(24)25)13(2)22(20-12)11-21-9-5-6-14(10-21)18-19-15-7-3-4-8-16(15)26-18/h3-4,7-8,14H,5-6,9-11H2,1-2H3/t14-/m1/s1. The van der Waals surface area contributed by atoms with Gasteiger partial charge in [-0.25, -0.2) is 9.67 Å². The van der Waals surface area contributed by atoms with E-state index >= 15 is 0 Å². The van der Waals surface area contributed by atoms with E-state index in [4.69, 9.17) is 4.42 Å². The molecule has 0 amide bonds. The van der Waals surface area contributed by atoms with Crippen molar-refractivity contribution in [3.05, 3.63) is 51.7 Å². The average molecular weight is 355 g/mol. The van der Waals surface area contributed by atoms with Crippen molar-refractivity contribution in [3.63, 3.8) is 0 Å². The molecule has 1 saturated heterocycles. The van der Waals surface area contributed by atoms with Crippen LogP contribution < -0.4 is 0 Å². The number of aromatic nitrogens is 3. The topological polar surface area (TPSA) is 90.2 Å². The van der Waals surface area contributed by atoms with Crippen molar-refractivity contribution in [2.45, 2.75) is 39.3 Å². The summed E-state index contributed by atoms with van der Waals surface area (Å²) >= 11 is 0. The van der Waals surface area contributed by atoms with E-state index in [1.54, 1.807) is 18.5 Å². The highest BCUT2D eigenvalue weighted by Crippen LogP contribution is 2.30. The van der Waals surface area contributed by atoms with E-state index in [0.29, 0.717) is 18.1 Å². The minimum atomic E-state index is -0.356. The molecule has 2 aromatic heterocycles. The second-order valence-corrected chi connectivity index (χ2v) is 6.85. The molecule has 1 atom stereocenters. The summed E-state index contributed by atoms with van der Waals surface area (Å²) in [6, 6.07) is 7.79. The van der Waals surface area contributed by atoms with E-state index in [9.17, 15) is 10.1 Å². The number of hydrogen-bond donors (Lipinski definition) is 0. The smallest absolute Gasteiger partial charge is 0.312 e. The first-order chi connectivity index (χ1) is 12.5. The largest absolute Gasteiger partial charge is 0.440 e. The number of likely N-dealkylation sites (tertiary alicyclic amines) is 1. The van der Waals surface area contributed by atoms with Crippen molar-refractivity contribution >= 4 is 16.8 Å². The number of aryl methyl sites for hydroxylation is 1. The number of oxazole rings is 1. The zero-order valence-corrected chi connectivity index (χ0v) is 14.9. The SMILES string of the molecule is Cc1nn(CN2CCC[C@@H](c3nc4ccccc4o3)C2)c(C)c1[N+](=O)[O-]. The number of para-hydroxylation sites is 2. The van der Waals surface area contributed by atoms with Crippen molar-refractivity contribution in [1.29, 1.82) is 0 Å².